The fraction of sp³-hybridized carbons (Fsp3) is 0. The van der Waals surface area contributed by atoms with Gasteiger partial charge in [0.05, 0.1) is 11.6 Å². The maximum Gasteiger partial charge on any atom is 0.184 e. The summed E-state index contributed by atoms with van der Waals surface area (Å²) >= 11 is 4.56. The van der Waals surface area contributed by atoms with Crippen LogP contribution in [0.3, 0.4) is 0 Å². The Kier molecular flexibility index (Phi) is 4.70. The minimum absolute atomic E-state index is 0.121. The summed E-state index contributed by atoms with van der Waals surface area (Å²) in [7, 11) is 0. The molecule has 0 bridgehead atoms. The number of hydrogen-bond donors (Lipinski definition) is 2. The van der Waals surface area contributed by atoms with Gasteiger partial charge < -0.3 is 5.73 Å². The van der Waals surface area contributed by atoms with Gasteiger partial charge in [-0.15, -0.1) is 0 Å². The van der Waals surface area contributed by atoms with E-state index < -0.39 is 0 Å². The number of nitrogens with one attached hydrogen (secondary N) is 1. The minimum atomic E-state index is 0.121. The molecule has 5 heteroatoms. The average Bonchev–Trinajstić information content (AvgIpc) is 2.28. The molecule has 0 fully saturated rings. The Labute approximate surface area is 99.1 Å². The number of rotatable bonds is 3. The van der Waals surface area contributed by atoms with Gasteiger partial charge in [0.25, 0.3) is 0 Å². The molecule has 3 N–H and O–H groups in total. The molecule has 0 aliphatic heterocycles. The van der Waals surface area contributed by atoms with Gasteiger partial charge in [-0.2, -0.15) is 10.4 Å². The molecule has 1 aromatic carbocycles. The summed E-state index contributed by atoms with van der Waals surface area (Å²) in [5, 5.41) is 12.6. The van der Waals surface area contributed by atoms with Crippen molar-refractivity contribution in [1.82, 2.24) is 5.43 Å². The maximum absolute atomic E-state index is 8.69. The summed E-state index contributed by atoms with van der Waals surface area (Å²) in [5.74, 6) is 0. The van der Waals surface area contributed by atoms with E-state index in [0.717, 1.165) is 5.56 Å². The van der Waals surface area contributed by atoms with Crippen LogP contribution in [-0.2, 0) is 0 Å². The van der Waals surface area contributed by atoms with Crippen molar-refractivity contribution in [2.75, 3.05) is 0 Å². The fourth-order valence-electron chi connectivity index (χ4n) is 1.01. The number of benzene rings is 1. The molecule has 0 saturated carbocycles. The summed E-state index contributed by atoms with van der Waals surface area (Å²) in [6.45, 7) is 0. The highest BCUT2D eigenvalue weighted by molar-refractivity contribution is 7.80. The lowest BCUT2D eigenvalue weighted by atomic mass is 10.1. The van der Waals surface area contributed by atoms with Crippen LogP contribution in [0.5, 0.6) is 0 Å². The van der Waals surface area contributed by atoms with Crippen molar-refractivity contribution in [3.8, 4) is 6.07 Å². The minimum Gasteiger partial charge on any atom is -0.375 e. The molecule has 0 aliphatic carbocycles. The standard InChI is InChI=1S/C11H10N4S/c12-8-10-4-1-3-9(7-10)5-2-6-14-15-11(13)16/h1-7H,(H3,13,15,16)/b5-2+,14-6+. The molecule has 0 amide bonds. The highest BCUT2D eigenvalue weighted by Gasteiger charge is 1.89. The fourth-order valence-corrected chi connectivity index (χ4v) is 1.06. The Balaban J connectivity index is 2.59. The van der Waals surface area contributed by atoms with Crippen LogP contribution in [0.25, 0.3) is 6.08 Å². The van der Waals surface area contributed by atoms with Gasteiger partial charge in [0, 0.05) is 6.21 Å². The van der Waals surface area contributed by atoms with Crippen molar-refractivity contribution >= 4 is 29.6 Å². The Morgan fingerprint density at radius 1 is 1.56 bits per heavy atom. The van der Waals surface area contributed by atoms with Gasteiger partial charge in [0.2, 0.25) is 0 Å². The van der Waals surface area contributed by atoms with Gasteiger partial charge in [0.15, 0.2) is 5.11 Å². The zero-order chi connectivity index (χ0) is 11.8. The van der Waals surface area contributed by atoms with E-state index in [9.17, 15) is 0 Å². The van der Waals surface area contributed by atoms with Crippen LogP contribution in [0.2, 0.25) is 0 Å². The molecular formula is C11H10N4S. The summed E-state index contributed by atoms with van der Waals surface area (Å²) in [5.41, 5.74) is 9.16. The zero-order valence-electron chi connectivity index (χ0n) is 8.42. The molecule has 0 spiro atoms. The average molecular weight is 230 g/mol. The van der Waals surface area contributed by atoms with Gasteiger partial charge in [-0.1, -0.05) is 18.2 Å². The molecule has 0 unspecified atom stereocenters. The molecule has 0 radical (unpaired) electrons. The van der Waals surface area contributed by atoms with Crippen LogP contribution >= 0.6 is 12.2 Å². The SMILES string of the molecule is N#Cc1cccc(/C=C/C=N/NC(N)=S)c1. The lowest BCUT2D eigenvalue weighted by Crippen LogP contribution is -2.23. The van der Waals surface area contributed by atoms with Crippen molar-refractivity contribution in [3.05, 3.63) is 41.5 Å². The van der Waals surface area contributed by atoms with Crippen LogP contribution in [0.15, 0.2) is 35.4 Å². The summed E-state index contributed by atoms with van der Waals surface area (Å²) in [4.78, 5) is 0. The van der Waals surface area contributed by atoms with E-state index in [4.69, 9.17) is 11.0 Å². The smallest absolute Gasteiger partial charge is 0.184 e. The predicted molar refractivity (Wildman–Crippen MR) is 68.6 cm³/mol. The van der Waals surface area contributed by atoms with Crippen LogP contribution in [0, 0.1) is 11.3 Å². The van der Waals surface area contributed by atoms with Crippen molar-refractivity contribution in [2.45, 2.75) is 0 Å². The van der Waals surface area contributed by atoms with E-state index in [1.165, 1.54) is 6.21 Å². The summed E-state index contributed by atoms with van der Waals surface area (Å²) < 4.78 is 0. The Morgan fingerprint density at radius 2 is 2.38 bits per heavy atom. The molecule has 0 aromatic heterocycles. The van der Waals surface area contributed by atoms with Crippen molar-refractivity contribution < 1.29 is 0 Å². The molecule has 1 aromatic rings. The highest BCUT2D eigenvalue weighted by Crippen LogP contribution is 2.05. The van der Waals surface area contributed by atoms with Crippen molar-refractivity contribution in [3.63, 3.8) is 0 Å². The van der Waals surface area contributed by atoms with Gasteiger partial charge in [0.1, 0.15) is 0 Å². The lowest BCUT2D eigenvalue weighted by Gasteiger charge is -1.93. The van der Waals surface area contributed by atoms with Crippen molar-refractivity contribution in [2.24, 2.45) is 10.8 Å². The lowest BCUT2D eigenvalue weighted by molar-refractivity contribution is 1.04. The molecule has 4 nitrogen and oxygen atoms in total. The topological polar surface area (TPSA) is 74.2 Å². The third-order valence-corrected chi connectivity index (χ3v) is 1.73. The van der Waals surface area contributed by atoms with Crippen molar-refractivity contribution in [1.29, 1.82) is 5.26 Å². The van der Waals surface area contributed by atoms with E-state index in [0.29, 0.717) is 5.56 Å². The Hall–Kier alpha value is -2.19. The molecule has 16 heavy (non-hydrogen) atoms. The first kappa shape index (κ1) is 11.9. The normalized spacial score (nSPS) is 10.4. The molecule has 0 aliphatic rings. The summed E-state index contributed by atoms with van der Waals surface area (Å²) in [6, 6.07) is 9.32. The number of nitriles is 1. The maximum atomic E-state index is 8.69. The number of nitrogens with zero attached hydrogens (tertiary/aromatic N) is 2. The Bertz CT molecular complexity index is 471. The molecule has 0 saturated heterocycles. The third kappa shape index (κ3) is 4.35. The second-order valence-corrected chi connectivity index (χ2v) is 3.29. The number of allylic oxidation sites excluding steroid dienone is 1. The Morgan fingerprint density at radius 3 is 3.06 bits per heavy atom. The van der Waals surface area contributed by atoms with E-state index in [1.807, 2.05) is 18.2 Å². The number of nitrogens with two attached hydrogens (primary N) is 1. The first-order chi connectivity index (χ1) is 7.72. The number of hydrogen-bond acceptors (Lipinski definition) is 3. The third-order valence-electron chi connectivity index (χ3n) is 1.64. The van der Waals surface area contributed by atoms with Gasteiger partial charge >= 0.3 is 0 Å². The van der Waals surface area contributed by atoms with Gasteiger partial charge in [-0.25, -0.2) is 0 Å². The van der Waals surface area contributed by atoms with E-state index in [-0.39, 0.29) is 5.11 Å². The van der Waals surface area contributed by atoms with E-state index >= 15 is 0 Å². The first-order valence-electron chi connectivity index (χ1n) is 4.47. The van der Waals surface area contributed by atoms with E-state index in [1.54, 1.807) is 18.2 Å². The highest BCUT2D eigenvalue weighted by atomic mass is 32.1. The second-order valence-electron chi connectivity index (χ2n) is 2.85. The number of thiocarbonyl (C=S) groups is 1. The quantitative estimate of drug-likeness (QED) is 0.467. The van der Waals surface area contributed by atoms with Crippen LogP contribution < -0.4 is 11.2 Å². The summed E-state index contributed by atoms with van der Waals surface area (Å²) in [6.07, 6.45) is 5.07. The van der Waals surface area contributed by atoms with Crippen LogP contribution in [0.1, 0.15) is 11.1 Å². The molecular weight excluding hydrogens is 220 g/mol. The zero-order valence-corrected chi connectivity index (χ0v) is 9.24. The van der Waals surface area contributed by atoms with Gasteiger partial charge in [-0.05, 0) is 36.0 Å². The van der Waals surface area contributed by atoms with Crippen LogP contribution in [0.4, 0.5) is 0 Å². The monoisotopic (exact) mass is 230 g/mol. The number of hydrazone groups is 1. The molecule has 80 valence electrons. The second kappa shape index (κ2) is 6.32. The largest absolute Gasteiger partial charge is 0.375 e. The molecule has 0 heterocycles. The van der Waals surface area contributed by atoms with E-state index in [2.05, 4.69) is 28.8 Å². The van der Waals surface area contributed by atoms with Crippen LogP contribution in [-0.4, -0.2) is 11.3 Å². The van der Waals surface area contributed by atoms with Gasteiger partial charge in [-0.3, -0.25) is 5.43 Å². The first-order valence-corrected chi connectivity index (χ1v) is 4.88. The molecule has 1 rings (SSSR count). The predicted octanol–water partition coefficient (Wildman–Crippen LogP) is 1.39. The molecule has 0 atom stereocenters.